The van der Waals surface area contributed by atoms with Gasteiger partial charge in [0.2, 0.25) is 11.8 Å². The minimum Gasteiger partial charge on any atom is -0.493 e. The molecule has 2 aromatic carbocycles. The summed E-state index contributed by atoms with van der Waals surface area (Å²) in [6.45, 7) is 2.35. The lowest BCUT2D eigenvalue weighted by Crippen LogP contribution is -2.21. The molecule has 0 spiro atoms. The van der Waals surface area contributed by atoms with Gasteiger partial charge < -0.3 is 19.9 Å². The molecule has 1 unspecified atom stereocenters. The van der Waals surface area contributed by atoms with Crippen molar-refractivity contribution >= 4 is 5.69 Å². The number of nitro groups is 1. The molecule has 162 valence electrons. The van der Waals surface area contributed by atoms with Crippen molar-refractivity contribution in [2.75, 3.05) is 13.7 Å². The highest BCUT2D eigenvalue weighted by Gasteiger charge is 2.36. The van der Waals surface area contributed by atoms with Crippen LogP contribution < -0.4 is 19.9 Å². The zero-order chi connectivity index (χ0) is 22.8. The minimum atomic E-state index is -0.713. The number of fused-ring (bicyclic) bond motifs is 1. The second-order valence-corrected chi connectivity index (χ2v) is 6.89. The summed E-state index contributed by atoms with van der Waals surface area (Å²) in [6.07, 6.45) is 0. The lowest BCUT2D eigenvalue weighted by Gasteiger charge is -2.24. The summed E-state index contributed by atoms with van der Waals surface area (Å²) in [6, 6.07) is 13.5. The van der Waals surface area contributed by atoms with Crippen LogP contribution in [-0.2, 0) is 0 Å². The molecule has 1 aliphatic rings. The van der Waals surface area contributed by atoms with Crippen LogP contribution in [0.15, 0.2) is 53.9 Å². The van der Waals surface area contributed by atoms with Crippen LogP contribution in [0.1, 0.15) is 24.0 Å². The van der Waals surface area contributed by atoms with Crippen LogP contribution in [0.4, 0.5) is 5.69 Å². The van der Waals surface area contributed by atoms with Crippen LogP contribution in [0.5, 0.6) is 17.4 Å². The van der Waals surface area contributed by atoms with Gasteiger partial charge in [0.15, 0.2) is 11.5 Å². The van der Waals surface area contributed by atoms with Gasteiger partial charge in [-0.3, -0.25) is 15.2 Å². The Labute approximate surface area is 183 Å². The zero-order valence-electron chi connectivity index (χ0n) is 17.3. The van der Waals surface area contributed by atoms with Gasteiger partial charge >= 0.3 is 0 Å². The Kier molecular flexibility index (Phi) is 5.39. The average Bonchev–Trinajstić information content (AvgIpc) is 3.21. The van der Waals surface area contributed by atoms with Crippen molar-refractivity contribution in [1.82, 2.24) is 10.2 Å². The van der Waals surface area contributed by atoms with Gasteiger partial charge in [-0.2, -0.15) is 5.26 Å². The van der Waals surface area contributed by atoms with Gasteiger partial charge in [0, 0.05) is 17.7 Å². The first-order chi connectivity index (χ1) is 15.5. The van der Waals surface area contributed by atoms with Crippen molar-refractivity contribution in [3.05, 3.63) is 75.2 Å². The molecule has 1 atom stereocenters. The monoisotopic (exact) mass is 433 g/mol. The van der Waals surface area contributed by atoms with Crippen LogP contribution in [0.2, 0.25) is 0 Å². The fourth-order valence-corrected chi connectivity index (χ4v) is 3.71. The second kappa shape index (κ2) is 8.31. The number of benzene rings is 2. The van der Waals surface area contributed by atoms with Gasteiger partial charge in [-0.05, 0) is 30.7 Å². The normalized spacial score (nSPS) is 14.8. The van der Waals surface area contributed by atoms with Gasteiger partial charge in [0.25, 0.3) is 5.69 Å². The number of rotatable bonds is 6. The first kappa shape index (κ1) is 20.7. The summed E-state index contributed by atoms with van der Waals surface area (Å²) in [5.41, 5.74) is 8.36. The maximum Gasteiger partial charge on any atom is 0.269 e. The molecule has 0 saturated carbocycles. The van der Waals surface area contributed by atoms with Crippen molar-refractivity contribution in [2.45, 2.75) is 12.8 Å². The summed E-state index contributed by atoms with van der Waals surface area (Å²) in [5.74, 6) is 0.488. The van der Waals surface area contributed by atoms with Crippen molar-refractivity contribution in [3.8, 4) is 34.7 Å². The Bertz CT molecular complexity index is 1270. The number of hydrogen-bond acceptors (Lipinski definition) is 8. The predicted octanol–water partition coefficient (Wildman–Crippen LogP) is 3.61. The van der Waals surface area contributed by atoms with Gasteiger partial charge in [0.05, 0.1) is 35.8 Å². The van der Waals surface area contributed by atoms with E-state index in [1.165, 1.54) is 19.2 Å². The highest BCUT2D eigenvalue weighted by Crippen LogP contribution is 2.46. The predicted molar refractivity (Wildman–Crippen MR) is 114 cm³/mol. The maximum atomic E-state index is 11.3. The standard InChI is InChI=1S/C22H19N5O5/c1-3-31-16-8-7-13(10-17(16)30-2)20-19-18(12-5-4-6-14(9-12)27(28)29)15(11-23)21(24)32-22(19)26-25-20/h4-10,18H,3,24H2,1-2H3,(H,25,26). The van der Waals surface area contributed by atoms with Gasteiger partial charge in [-0.25, -0.2) is 0 Å². The van der Waals surface area contributed by atoms with E-state index >= 15 is 0 Å². The molecule has 4 rings (SSSR count). The van der Waals surface area contributed by atoms with E-state index in [1.807, 2.05) is 13.0 Å². The van der Waals surface area contributed by atoms with E-state index in [1.54, 1.807) is 24.3 Å². The SMILES string of the molecule is CCOc1ccc(-c2[nH]nc3c2C(c2cccc([N+](=O)[O-])c2)C(C#N)=C(N)O3)cc1OC. The quantitative estimate of drug-likeness (QED) is 0.442. The molecule has 0 saturated heterocycles. The third-order valence-electron chi connectivity index (χ3n) is 5.11. The Morgan fingerprint density at radius 1 is 1.31 bits per heavy atom. The maximum absolute atomic E-state index is 11.3. The summed E-state index contributed by atoms with van der Waals surface area (Å²) < 4.78 is 16.6. The Balaban J connectivity index is 1.91. The number of nitrogens with zero attached hydrogens (tertiary/aromatic N) is 3. The lowest BCUT2D eigenvalue weighted by atomic mass is 9.83. The van der Waals surface area contributed by atoms with Crippen molar-refractivity contribution < 1.29 is 19.1 Å². The van der Waals surface area contributed by atoms with Crippen LogP contribution in [-0.4, -0.2) is 28.8 Å². The average molecular weight is 433 g/mol. The highest BCUT2D eigenvalue weighted by molar-refractivity contribution is 5.73. The number of ether oxygens (including phenoxy) is 3. The molecule has 10 heteroatoms. The highest BCUT2D eigenvalue weighted by atomic mass is 16.6. The number of non-ortho nitro benzene ring substituents is 1. The van der Waals surface area contributed by atoms with Gasteiger partial charge in [-0.15, -0.1) is 5.10 Å². The van der Waals surface area contributed by atoms with Crippen molar-refractivity contribution in [3.63, 3.8) is 0 Å². The molecule has 0 aliphatic carbocycles. The van der Waals surface area contributed by atoms with E-state index in [4.69, 9.17) is 19.9 Å². The molecule has 10 nitrogen and oxygen atoms in total. The third-order valence-corrected chi connectivity index (χ3v) is 5.11. The van der Waals surface area contributed by atoms with E-state index in [2.05, 4.69) is 16.3 Å². The molecule has 1 aromatic heterocycles. The molecule has 3 N–H and O–H groups in total. The Hall–Kier alpha value is -4.52. The van der Waals surface area contributed by atoms with Crippen molar-refractivity contribution in [2.24, 2.45) is 5.73 Å². The topological polar surface area (TPSA) is 149 Å². The molecule has 0 fully saturated rings. The molecular weight excluding hydrogens is 414 g/mol. The summed E-state index contributed by atoms with van der Waals surface area (Å²) in [7, 11) is 1.54. The summed E-state index contributed by atoms with van der Waals surface area (Å²) >= 11 is 0. The Morgan fingerprint density at radius 3 is 2.81 bits per heavy atom. The molecule has 0 bridgehead atoms. The van der Waals surface area contributed by atoms with E-state index in [0.29, 0.717) is 40.5 Å². The van der Waals surface area contributed by atoms with E-state index in [0.717, 1.165) is 0 Å². The van der Waals surface area contributed by atoms with Gasteiger partial charge in [0.1, 0.15) is 11.6 Å². The molecule has 0 radical (unpaired) electrons. The largest absolute Gasteiger partial charge is 0.493 e. The molecular formula is C22H19N5O5. The number of aromatic nitrogens is 2. The number of hydrogen-bond donors (Lipinski definition) is 2. The van der Waals surface area contributed by atoms with Crippen LogP contribution >= 0.6 is 0 Å². The second-order valence-electron chi connectivity index (χ2n) is 6.89. The number of nitrogens with two attached hydrogens (primary N) is 1. The van der Waals surface area contributed by atoms with Crippen LogP contribution in [0.25, 0.3) is 11.3 Å². The number of H-pyrrole nitrogens is 1. The van der Waals surface area contributed by atoms with E-state index in [-0.39, 0.29) is 23.0 Å². The Morgan fingerprint density at radius 2 is 2.12 bits per heavy atom. The first-order valence-corrected chi connectivity index (χ1v) is 9.69. The van der Waals surface area contributed by atoms with E-state index < -0.39 is 10.8 Å². The zero-order valence-corrected chi connectivity index (χ0v) is 17.3. The lowest BCUT2D eigenvalue weighted by molar-refractivity contribution is -0.384. The first-order valence-electron chi connectivity index (χ1n) is 9.69. The van der Waals surface area contributed by atoms with Crippen LogP contribution in [0.3, 0.4) is 0 Å². The number of methoxy groups -OCH3 is 1. The van der Waals surface area contributed by atoms with Crippen LogP contribution in [0, 0.1) is 21.4 Å². The van der Waals surface area contributed by atoms with Crippen molar-refractivity contribution in [1.29, 1.82) is 5.26 Å². The van der Waals surface area contributed by atoms with Gasteiger partial charge in [-0.1, -0.05) is 12.1 Å². The minimum absolute atomic E-state index is 0.0980. The molecule has 1 aliphatic heterocycles. The molecule has 0 amide bonds. The number of nitro benzene ring substituents is 1. The fraction of sp³-hybridized carbons (Fsp3) is 0.182. The number of aromatic amines is 1. The number of allylic oxidation sites excluding steroid dienone is 1. The molecule has 32 heavy (non-hydrogen) atoms. The number of nitriles is 1. The number of nitrogens with one attached hydrogen (secondary N) is 1. The summed E-state index contributed by atoms with van der Waals surface area (Å²) in [4.78, 5) is 10.8. The molecule has 2 heterocycles. The fourth-order valence-electron chi connectivity index (χ4n) is 3.71. The third kappa shape index (κ3) is 3.45. The molecule has 3 aromatic rings. The van der Waals surface area contributed by atoms with E-state index in [9.17, 15) is 15.4 Å². The summed E-state index contributed by atoms with van der Waals surface area (Å²) in [5, 5.41) is 28.3. The smallest absolute Gasteiger partial charge is 0.269 e.